The van der Waals surface area contributed by atoms with Gasteiger partial charge in [0, 0.05) is 42.7 Å². The fourth-order valence-corrected chi connectivity index (χ4v) is 3.72. The predicted octanol–water partition coefficient (Wildman–Crippen LogP) is 3.80. The minimum Gasteiger partial charge on any atom is -0.493 e. The summed E-state index contributed by atoms with van der Waals surface area (Å²) in [7, 11) is 3.12. The number of amides is 1. The van der Waals surface area contributed by atoms with Crippen molar-refractivity contribution in [2.24, 2.45) is 0 Å². The lowest BCUT2D eigenvalue weighted by Gasteiger charge is -2.29. The lowest BCUT2D eigenvalue weighted by molar-refractivity contribution is 0.0270. The van der Waals surface area contributed by atoms with Crippen LogP contribution in [0, 0.1) is 0 Å². The molecule has 0 atom stereocenters. The molecule has 9 nitrogen and oxygen atoms in total. The van der Waals surface area contributed by atoms with Gasteiger partial charge in [0.25, 0.3) is 5.56 Å². The van der Waals surface area contributed by atoms with E-state index >= 15 is 0 Å². The van der Waals surface area contributed by atoms with Crippen molar-refractivity contribution in [3.05, 3.63) is 58.7 Å². The van der Waals surface area contributed by atoms with E-state index in [-0.39, 0.29) is 11.7 Å². The number of fused-ring (bicyclic) bond motifs is 1. The number of benzene rings is 1. The van der Waals surface area contributed by atoms with Crippen LogP contribution in [0.4, 0.5) is 4.79 Å². The summed E-state index contributed by atoms with van der Waals surface area (Å²) in [6, 6.07) is 6.83. The van der Waals surface area contributed by atoms with Gasteiger partial charge in [-0.2, -0.15) is 0 Å². The summed E-state index contributed by atoms with van der Waals surface area (Å²) in [5.74, 6) is 1.44. The van der Waals surface area contributed by atoms with Crippen LogP contribution < -0.4 is 15.0 Å². The Morgan fingerprint density at radius 3 is 2.47 bits per heavy atom. The SMILES string of the molecule is COc1ccc(-c2cc(=O)n3cc(C4=CCN(C(=O)OC(C)(C)C)CC4)cnc3n2)cc1OC. The van der Waals surface area contributed by atoms with Crippen molar-refractivity contribution >= 4 is 17.4 Å². The average Bonchev–Trinajstić information content (AvgIpc) is 2.82. The topological polar surface area (TPSA) is 95.3 Å². The van der Waals surface area contributed by atoms with Crippen LogP contribution in [0.3, 0.4) is 0 Å². The molecule has 0 N–H and O–H groups in total. The number of carbonyl (C=O) groups is 1. The normalized spacial score (nSPS) is 14.0. The molecule has 0 bridgehead atoms. The quantitative estimate of drug-likeness (QED) is 0.580. The second-order valence-corrected chi connectivity index (χ2v) is 8.97. The van der Waals surface area contributed by atoms with E-state index in [4.69, 9.17) is 14.2 Å². The molecule has 1 aliphatic heterocycles. The Morgan fingerprint density at radius 1 is 1.06 bits per heavy atom. The summed E-state index contributed by atoms with van der Waals surface area (Å²) in [6.07, 6.45) is 5.72. The maximum absolute atomic E-state index is 12.9. The van der Waals surface area contributed by atoms with Gasteiger partial charge in [-0.3, -0.25) is 9.20 Å². The summed E-state index contributed by atoms with van der Waals surface area (Å²) < 4.78 is 17.5. The zero-order valence-corrected chi connectivity index (χ0v) is 20.0. The number of aromatic nitrogens is 3. The van der Waals surface area contributed by atoms with Gasteiger partial charge < -0.3 is 19.1 Å². The van der Waals surface area contributed by atoms with Crippen LogP contribution >= 0.6 is 0 Å². The van der Waals surface area contributed by atoms with Crippen LogP contribution in [-0.4, -0.2) is 58.3 Å². The smallest absolute Gasteiger partial charge is 0.410 e. The average molecular weight is 465 g/mol. The molecule has 1 amide bonds. The summed E-state index contributed by atoms with van der Waals surface area (Å²) in [4.78, 5) is 35.8. The molecule has 3 aromatic rings. The van der Waals surface area contributed by atoms with E-state index in [9.17, 15) is 9.59 Å². The Morgan fingerprint density at radius 2 is 1.82 bits per heavy atom. The maximum Gasteiger partial charge on any atom is 0.410 e. The number of methoxy groups -OCH3 is 2. The summed E-state index contributed by atoms with van der Waals surface area (Å²) in [5.41, 5.74) is 2.28. The second kappa shape index (κ2) is 9.17. The zero-order valence-electron chi connectivity index (χ0n) is 20.0. The van der Waals surface area contributed by atoms with Crippen LogP contribution in [-0.2, 0) is 4.74 Å². The lowest BCUT2D eigenvalue weighted by Crippen LogP contribution is -2.39. The van der Waals surface area contributed by atoms with Gasteiger partial charge >= 0.3 is 6.09 Å². The molecule has 3 heterocycles. The van der Waals surface area contributed by atoms with Crippen molar-refractivity contribution in [2.45, 2.75) is 32.8 Å². The number of hydrogen-bond acceptors (Lipinski definition) is 7. The Labute approximate surface area is 197 Å². The number of nitrogens with zero attached hydrogens (tertiary/aromatic N) is 4. The van der Waals surface area contributed by atoms with E-state index in [1.807, 2.05) is 32.9 Å². The molecule has 0 aliphatic carbocycles. The molecule has 0 spiro atoms. The van der Waals surface area contributed by atoms with Crippen molar-refractivity contribution in [3.8, 4) is 22.8 Å². The molecule has 0 radical (unpaired) electrons. The first-order valence-corrected chi connectivity index (χ1v) is 11.0. The number of carbonyl (C=O) groups excluding carboxylic acids is 1. The lowest BCUT2D eigenvalue weighted by atomic mass is 10.0. The van der Waals surface area contributed by atoms with Crippen LogP contribution in [0.5, 0.6) is 11.5 Å². The molecular formula is C25H28N4O5. The van der Waals surface area contributed by atoms with Crippen molar-refractivity contribution < 1.29 is 19.0 Å². The van der Waals surface area contributed by atoms with E-state index in [1.165, 1.54) is 10.5 Å². The van der Waals surface area contributed by atoms with Gasteiger partial charge in [0.1, 0.15) is 5.60 Å². The van der Waals surface area contributed by atoms with Crippen molar-refractivity contribution in [1.29, 1.82) is 0 Å². The molecule has 0 saturated heterocycles. The number of ether oxygens (including phenoxy) is 3. The minimum absolute atomic E-state index is 0.240. The molecule has 1 aromatic carbocycles. The van der Waals surface area contributed by atoms with Crippen molar-refractivity contribution in [1.82, 2.24) is 19.3 Å². The van der Waals surface area contributed by atoms with Crippen LogP contribution in [0.2, 0.25) is 0 Å². The third-order valence-corrected chi connectivity index (χ3v) is 5.43. The van der Waals surface area contributed by atoms with Gasteiger partial charge in [-0.25, -0.2) is 14.8 Å². The molecule has 0 unspecified atom stereocenters. The van der Waals surface area contributed by atoms with E-state index in [0.29, 0.717) is 42.5 Å². The van der Waals surface area contributed by atoms with Gasteiger partial charge in [0.2, 0.25) is 5.78 Å². The molecule has 2 aromatic heterocycles. The van der Waals surface area contributed by atoms with E-state index in [1.54, 1.807) is 43.6 Å². The molecule has 9 heteroatoms. The van der Waals surface area contributed by atoms with Gasteiger partial charge in [-0.15, -0.1) is 0 Å². The fraction of sp³-hybridized carbons (Fsp3) is 0.360. The largest absolute Gasteiger partial charge is 0.493 e. The molecule has 4 rings (SSSR count). The first-order chi connectivity index (χ1) is 16.2. The van der Waals surface area contributed by atoms with Gasteiger partial charge in [0.15, 0.2) is 11.5 Å². The standard InChI is InChI=1S/C25H28N4O5/c1-25(2,3)34-24(31)28-10-8-16(9-11-28)18-14-26-23-27-19(13-22(30)29(23)15-18)17-6-7-20(32-4)21(12-17)33-5/h6-8,12-15H,9-11H2,1-5H3. The summed E-state index contributed by atoms with van der Waals surface area (Å²) in [6.45, 7) is 6.51. The van der Waals surface area contributed by atoms with E-state index in [2.05, 4.69) is 9.97 Å². The van der Waals surface area contributed by atoms with E-state index < -0.39 is 5.60 Å². The molecule has 1 aliphatic rings. The maximum atomic E-state index is 12.9. The number of rotatable bonds is 4. The summed E-state index contributed by atoms with van der Waals surface area (Å²) in [5, 5.41) is 0. The van der Waals surface area contributed by atoms with Gasteiger partial charge in [-0.05, 0) is 51.0 Å². The van der Waals surface area contributed by atoms with Crippen LogP contribution in [0.25, 0.3) is 22.6 Å². The monoisotopic (exact) mass is 464 g/mol. The highest BCUT2D eigenvalue weighted by Gasteiger charge is 2.24. The number of hydrogen-bond donors (Lipinski definition) is 0. The first kappa shape index (κ1) is 23.3. The van der Waals surface area contributed by atoms with Crippen molar-refractivity contribution in [3.63, 3.8) is 0 Å². The minimum atomic E-state index is -0.534. The van der Waals surface area contributed by atoms with Crippen LogP contribution in [0.1, 0.15) is 32.8 Å². The Balaban J connectivity index is 1.59. The van der Waals surface area contributed by atoms with Crippen molar-refractivity contribution in [2.75, 3.05) is 27.3 Å². The molecule has 34 heavy (non-hydrogen) atoms. The molecular weight excluding hydrogens is 436 g/mol. The van der Waals surface area contributed by atoms with E-state index in [0.717, 1.165) is 16.7 Å². The van der Waals surface area contributed by atoms with Gasteiger partial charge in [-0.1, -0.05) is 6.08 Å². The molecule has 0 saturated carbocycles. The Hall–Kier alpha value is -3.88. The second-order valence-electron chi connectivity index (χ2n) is 8.97. The highest BCUT2D eigenvalue weighted by Crippen LogP contribution is 2.31. The third-order valence-electron chi connectivity index (χ3n) is 5.43. The predicted molar refractivity (Wildman–Crippen MR) is 128 cm³/mol. The summed E-state index contributed by atoms with van der Waals surface area (Å²) >= 11 is 0. The van der Waals surface area contributed by atoms with Gasteiger partial charge in [0.05, 0.1) is 19.9 Å². The van der Waals surface area contributed by atoms with Crippen LogP contribution in [0.15, 0.2) is 47.5 Å². The molecule has 0 fully saturated rings. The Bertz CT molecular complexity index is 1320. The first-order valence-electron chi connectivity index (χ1n) is 11.0. The highest BCUT2D eigenvalue weighted by molar-refractivity contribution is 5.72. The highest BCUT2D eigenvalue weighted by atomic mass is 16.6. The molecule has 178 valence electrons. The third kappa shape index (κ3) is 4.88. The Kier molecular flexibility index (Phi) is 6.28. The fourth-order valence-electron chi connectivity index (χ4n) is 3.72. The zero-order chi connectivity index (χ0) is 24.5.